The molecule has 0 radical (unpaired) electrons. The Hall–Kier alpha value is -6.42. The zero-order valence-corrected chi connectivity index (χ0v) is 46.6. The second-order valence-electron chi connectivity index (χ2n) is 22.5. The Morgan fingerprint density at radius 1 is 0.564 bits per heavy atom. The maximum absolute atomic E-state index is 14.8. The van der Waals surface area contributed by atoms with Crippen LogP contribution in [-0.2, 0) is 41.5 Å². The van der Waals surface area contributed by atoms with Crippen molar-refractivity contribution in [2.45, 2.75) is 103 Å². The second-order valence-corrected chi connectivity index (χ2v) is 22.5. The molecule has 6 atom stereocenters. The molecule has 4 aromatic rings. The number of nitrogens with one attached hydrogen (secondary N) is 3. The highest BCUT2D eigenvalue weighted by atomic mass is 16.5. The minimum absolute atomic E-state index is 0. The summed E-state index contributed by atoms with van der Waals surface area (Å²) in [5.74, 6) is -0.860. The Morgan fingerprint density at radius 3 is 1.35 bits per heavy atom. The molecule has 0 saturated carbocycles. The number of carbonyl (C=O) groups excluding carboxylic acids is 6. The number of likely N-dealkylation sites (N-methyl/N-ethyl adjacent to an activating group) is 1. The zero-order chi connectivity index (χ0) is 55.1. The maximum Gasteiger partial charge on any atom is 0.253 e. The molecule has 8 rings (SSSR count). The molecular formula is C63H89N7O8. The van der Waals surface area contributed by atoms with Crippen LogP contribution in [0.25, 0.3) is 11.1 Å². The van der Waals surface area contributed by atoms with Crippen molar-refractivity contribution in [1.29, 1.82) is 0 Å². The van der Waals surface area contributed by atoms with Crippen molar-refractivity contribution in [2.75, 3.05) is 79.3 Å². The molecule has 424 valence electrons. The molecule has 0 aliphatic carbocycles. The second kappa shape index (κ2) is 27.9. The third-order valence-corrected chi connectivity index (χ3v) is 16.8. The Kier molecular flexibility index (Phi) is 20.7. The summed E-state index contributed by atoms with van der Waals surface area (Å²) < 4.78 is 11.3. The van der Waals surface area contributed by atoms with Crippen LogP contribution < -0.4 is 16.0 Å². The van der Waals surface area contributed by atoms with Gasteiger partial charge in [-0.1, -0.05) is 113 Å². The minimum Gasteiger partial charge on any atom is -0.381 e. The van der Waals surface area contributed by atoms with Crippen molar-refractivity contribution in [3.63, 3.8) is 0 Å². The fourth-order valence-electron chi connectivity index (χ4n) is 11.8. The van der Waals surface area contributed by atoms with Gasteiger partial charge in [0.05, 0.1) is 18.6 Å². The van der Waals surface area contributed by atoms with Crippen molar-refractivity contribution in [3.05, 3.63) is 131 Å². The summed E-state index contributed by atoms with van der Waals surface area (Å²) in [7, 11) is 1.71. The molecule has 0 spiro atoms. The summed E-state index contributed by atoms with van der Waals surface area (Å²) in [6.07, 6.45) is 5.64. The maximum atomic E-state index is 14.8. The molecule has 15 heteroatoms. The van der Waals surface area contributed by atoms with E-state index in [2.05, 4.69) is 54.1 Å². The lowest BCUT2D eigenvalue weighted by Gasteiger charge is -2.37. The Labute approximate surface area is 466 Å². The summed E-state index contributed by atoms with van der Waals surface area (Å²) >= 11 is 0. The van der Waals surface area contributed by atoms with Gasteiger partial charge in [0.15, 0.2) is 0 Å². The molecule has 4 fully saturated rings. The first-order valence-corrected chi connectivity index (χ1v) is 28.7. The average molecular weight is 1070 g/mol. The molecule has 4 aliphatic heterocycles. The number of hydrogen-bond acceptors (Lipinski definition) is 9. The number of rotatable bonds is 22. The summed E-state index contributed by atoms with van der Waals surface area (Å²) in [6, 6.07) is 33.6. The summed E-state index contributed by atoms with van der Waals surface area (Å²) in [5, 5.41) is 9.08. The molecular weight excluding hydrogens is 983 g/mol. The van der Waals surface area contributed by atoms with Crippen molar-refractivity contribution < 1.29 is 42.5 Å². The van der Waals surface area contributed by atoms with Crippen LogP contribution in [0.1, 0.15) is 102 Å². The first-order valence-electron chi connectivity index (χ1n) is 28.7. The SMILES string of the molecule is CNCC(=O)N[C@H](C(=O)N1CCC(C)[C@H]1CN(CCc1ccccc1)C(=O)c1ccc(-c2ccc(C(=O)N(CCc3ccccc3)C[C@@H]3[C@@H](C)CCN3C(=O)[C@@H](NC(=O)C(C)C)C3CCOCC3)cc2)cc1)C1CCOCC1.[HH].[HH].[HH]. The predicted octanol–water partition coefficient (Wildman–Crippen LogP) is 7.63. The van der Waals surface area contributed by atoms with Gasteiger partial charge in [-0.25, -0.2) is 0 Å². The lowest BCUT2D eigenvalue weighted by Crippen LogP contribution is -2.57. The monoisotopic (exact) mass is 1070 g/mol. The van der Waals surface area contributed by atoms with Crippen molar-refractivity contribution in [2.24, 2.45) is 29.6 Å². The summed E-state index contributed by atoms with van der Waals surface area (Å²) in [4.78, 5) is 92.5. The number of likely N-dealkylation sites (tertiary alicyclic amines) is 2. The number of amides is 6. The average Bonchev–Trinajstić information content (AvgIpc) is 4.09. The quantitative estimate of drug-likeness (QED) is 0.0717. The number of benzene rings is 4. The lowest BCUT2D eigenvalue weighted by molar-refractivity contribution is -0.141. The predicted molar refractivity (Wildman–Crippen MR) is 309 cm³/mol. The van der Waals surface area contributed by atoms with E-state index in [-0.39, 0.29) is 87.9 Å². The van der Waals surface area contributed by atoms with Gasteiger partial charge in [-0.3, -0.25) is 28.8 Å². The highest BCUT2D eigenvalue weighted by molar-refractivity contribution is 5.96. The van der Waals surface area contributed by atoms with Crippen molar-refractivity contribution in [1.82, 2.24) is 35.6 Å². The fourth-order valence-corrected chi connectivity index (χ4v) is 11.8. The van der Waals surface area contributed by atoms with Crippen LogP contribution in [0.15, 0.2) is 109 Å². The van der Waals surface area contributed by atoms with Gasteiger partial charge in [-0.15, -0.1) is 0 Å². The van der Waals surface area contributed by atoms with E-state index in [1.165, 1.54) is 0 Å². The Balaban J connectivity index is 0.00000401. The van der Waals surface area contributed by atoms with Gasteiger partial charge in [0.2, 0.25) is 23.6 Å². The van der Waals surface area contributed by atoms with Crippen LogP contribution in [0.4, 0.5) is 0 Å². The standard InChI is InChI=1S/C63H83N7O8.3H2/c1-43(2)59(72)66-58(51-30-38-78-39-31-51)63(76)70-35-25-45(4)55(70)42-68(33-27-47-14-10-7-11-15-47)61(74)53-22-18-49(19-23-53)48-16-20-52(21-17-48)60(73)67(32-26-46-12-8-6-9-13-46)41-54-44(3)24-34-69(54)62(75)57(65-56(71)40-64-5)50-28-36-77-37-29-50;;;/h6-23,43-45,50-51,54-55,57-58,64H,24-42H2,1-5H3,(H,65,71)(H,66,72);3*1H/t44?,45-,54+,55+,57-,58-;;;/m0.../s1. The van der Waals surface area contributed by atoms with Crippen LogP contribution in [-0.4, -0.2) is 158 Å². The smallest absolute Gasteiger partial charge is 0.253 e. The molecule has 3 N–H and O–H groups in total. The van der Waals surface area contributed by atoms with Gasteiger partial charge in [-0.2, -0.15) is 0 Å². The van der Waals surface area contributed by atoms with E-state index in [0.717, 1.165) is 35.1 Å². The number of carbonyl (C=O) groups is 6. The largest absolute Gasteiger partial charge is 0.381 e. The van der Waals surface area contributed by atoms with E-state index in [0.29, 0.717) is 115 Å². The van der Waals surface area contributed by atoms with Gasteiger partial charge in [0.25, 0.3) is 11.8 Å². The van der Waals surface area contributed by atoms with E-state index in [1.54, 1.807) is 7.05 Å². The fraction of sp³-hybridized carbons (Fsp3) is 0.524. The highest BCUT2D eigenvalue weighted by Crippen LogP contribution is 2.32. The molecule has 4 saturated heterocycles. The van der Waals surface area contributed by atoms with Gasteiger partial charge in [-0.05, 0) is 129 Å². The molecule has 0 bridgehead atoms. The third kappa shape index (κ3) is 14.8. The third-order valence-electron chi connectivity index (χ3n) is 16.8. The lowest BCUT2D eigenvalue weighted by atomic mass is 9.90. The van der Waals surface area contributed by atoms with Crippen molar-refractivity contribution in [3.8, 4) is 11.1 Å². The van der Waals surface area contributed by atoms with E-state index >= 15 is 0 Å². The Bertz CT molecular complexity index is 2620. The van der Waals surface area contributed by atoms with Crippen LogP contribution in [0.3, 0.4) is 0 Å². The molecule has 6 amide bonds. The van der Waals surface area contributed by atoms with Crippen molar-refractivity contribution >= 4 is 35.4 Å². The molecule has 4 aliphatic rings. The molecule has 4 heterocycles. The van der Waals surface area contributed by atoms with Gasteiger partial charge >= 0.3 is 0 Å². The van der Waals surface area contributed by atoms with Crippen LogP contribution in [0, 0.1) is 29.6 Å². The minimum atomic E-state index is -0.675. The number of nitrogens with zero attached hydrogens (tertiary/aromatic N) is 4. The van der Waals surface area contributed by atoms with Gasteiger partial charge in [0, 0.05) is 87.0 Å². The van der Waals surface area contributed by atoms with Crippen LogP contribution in [0.2, 0.25) is 0 Å². The molecule has 0 aromatic heterocycles. The Morgan fingerprint density at radius 2 is 0.962 bits per heavy atom. The van der Waals surface area contributed by atoms with E-state index in [9.17, 15) is 28.8 Å². The van der Waals surface area contributed by atoms with Crippen LogP contribution in [0.5, 0.6) is 0 Å². The van der Waals surface area contributed by atoms with Crippen LogP contribution >= 0.6 is 0 Å². The van der Waals surface area contributed by atoms with E-state index in [4.69, 9.17) is 9.47 Å². The number of ether oxygens (including phenoxy) is 2. The molecule has 78 heavy (non-hydrogen) atoms. The normalized spacial score (nSPS) is 20.7. The van der Waals surface area contributed by atoms with E-state index in [1.807, 2.05) is 118 Å². The zero-order valence-electron chi connectivity index (χ0n) is 46.6. The molecule has 4 aromatic carbocycles. The summed E-state index contributed by atoms with van der Waals surface area (Å²) in [6.45, 7) is 13.0. The first kappa shape index (κ1) is 57.7. The molecule has 15 nitrogen and oxygen atoms in total. The topological polar surface area (TPSA) is 170 Å². The highest BCUT2D eigenvalue weighted by Gasteiger charge is 2.44. The first-order chi connectivity index (χ1) is 37.8. The van der Waals surface area contributed by atoms with Gasteiger partial charge in [0.1, 0.15) is 12.1 Å². The summed E-state index contributed by atoms with van der Waals surface area (Å²) in [5.41, 5.74) is 5.07. The van der Waals surface area contributed by atoms with Gasteiger partial charge < -0.3 is 45.0 Å². The number of hydrogen-bond donors (Lipinski definition) is 3. The van der Waals surface area contributed by atoms with E-state index < -0.39 is 12.1 Å². The molecule has 1 unspecified atom stereocenters.